The standard InChI is InChI=1S/C10H18O2S2/c1-4-10(12-6-3-9-14-10)11-5-2-8-13-7-1/h1-9H2. The maximum absolute atomic E-state index is 5.92. The van der Waals surface area contributed by atoms with Crippen LogP contribution in [0.3, 0.4) is 0 Å². The van der Waals surface area contributed by atoms with E-state index in [2.05, 4.69) is 0 Å². The lowest BCUT2D eigenvalue weighted by atomic mass is 10.3. The maximum Gasteiger partial charge on any atom is 0.218 e. The summed E-state index contributed by atoms with van der Waals surface area (Å²) in [4.78, 5) is 0. The third-order valence-corrected chi connectivity index (χ3v) is 4.99. The van der Waals surface area contributed by atoms with E-state index in [4.69, 9.17) is 9.47 Å². The molecule has 2 saturated heterocycles. The smallest absolute Gasteiger partial charge is 0.218 e. The minimum absolute atomic E-state index is 0.275. The van der Waals surface area contributed by atoms with Crippen LogP contribution in [-0.4, -0.2) is 35.6 Å². The predicted octanol–water partition coefficient (Wildman–Crippen LogP) is 2.73. The zero-order valence-corrected chi connectivity index (χ0v) is 10.1. The van der Waals surface area contributed by atoms with E-state index in [1.54, 1.807) is 0 Å². The van der Waals surface area contributed by atoms with Gasteiger partial charge in [-0.3, -0.25) is 0 Å². The van der Waals surface area contributed by atoms with Crippen LogP contribution >= 0.6 is 23.5 Å². The summed E-state index contributed by atoms with van der Waals surface area (Å²) in [5, 5.41) is -0.275. The van der Waals surface area contributed by atoms with Gasteiger partial charge in [0, 0.05) is 12.2 Å². The van der Waals surface area contributed by atoms with Crippen LogP contribution in [0.1, 0.15) is 25.7 Å². The molecule has 2 rings (SSSR count). The molecule has 1 unspecified atom stereocenters. The van der Waals surface area contributed by atoms with Crippen molar-refractivity contribution in [2.24, 2.45) is 0 Å². The monoisotopic (exact) mass is 234 g/mol. The Kier molecular flexibility index (Phi) is 4.47. The van der Waals surface area contributed by atoms with Gasteiger partial charge in [0.25, 0.3) is 0 Å². The van der Waals surface area contributed by atoms with Crippen LogP contribution in [0.15, 0.2) is 0 Å². The second-order valence-corrected chi connectivity index (χ2v) is 6.20. The first-order valence-corrected chi connectivity index (χ1v) is 7.55. The van der Waals surface area contributed by atoms with E-state index in [-0.39, 0.29) is 5.12 Å². The van der Waals surface area contributed by atoms with Crippen molar-refractivity contribution in [1.29, 1.82) is 0 Å². The molecule has 0 aromatic heterocycles. The van der Waals surface area contributed by atoms with Gasteiger partial charge in [-0.1, -0.05) is 11.8 Å². The van der Waals surface area contributed by atoms with Crippen LogP contribution in [-0.2, 0) is 9.47 Å². The molecule has 2 heterocycles. The van der Waals surface area contributed by atoms with Gasteiger partial charge in [0.2, 0.25) is 5.12 Å². The van der Waals surface area contributed by atoms with Crippen molar-refractivity contribution in [3.63, 3.8) is 0 Å². The van der Waals surface area contributed by atoms with E-state index in [0.29, 0.717) is 0 Å². The number of ether oxygens (including phenoxy) is 2. The molecule has 0 saturated carbocycles. The van der Waals surface area contributed by atoms with Crippen LogP contribution in [0.25, 0.3) is 0 Å². The Bertz CT molecular complexity index is 158. The molecule has 14 heavy (non-hydrogen) atoms. The van der Waals surface area contributed by atoms with Gasteiger partial charge in [0.1, 0.15) is 0 Å². The van der Waals surface area contributed by atoms with Crippen molar-refractivity contribution in [3.05, 3.63) is 0 Å². The summed E-state index contributed by atoms with van der Waals surface area (Å²) in [5.74, 6) is 3.68. The van der Waals surface area contributed by atoms with Gasteiger partial charge in [-0.15, -0.1) is 0 Å². The lowest BCUT2D eigenvalue weighted by Gasteiger charge is -2.36. The molecule has 2 aliphatic rings. The molecule has 82 valence electrons. The summed E-state index contributed by atoms with van der Waals surface area (Å²) in [7, 11) is 0. The van der Waals surface area contributed by atoms with E-state index in [0.717, 1.165) is 26.1 Å². The molecule has 0 bridgehead atoms. The number of rotatable bonds is 0. The average Bonchev–Trinajstić information content (AvgIpc) is 2.33. The summed E-state index contributed by atoms with van der Waals surface area (Å²) < 4.78 is 11.7. The molecule has 0 N–H and O–H groups in total. The Balaban J connectivity index is 1.91. The molecule has 1 atom stereocenters. The molecule has 0 amide bonds. The van der Waals surface area contributed by atoms with Crippen LogP contribution in [0.2, 0.25) is 0 Å². The van der Waals surface area contributed by atoms with Gasteiger partial charge < -0.3 is 9.47 Å². The van der Waals surface area contributed by atoms with E-state index in [1.165, 1.54) is 30.1 Å². The van der Waals surface area contributed by atoms with Gasteiger partial charge in [-0.25, -0.2) is 0 Å². The minimum atomic E-state index is -0.275. The Morgan fingerprint density at radius 3 is 2.36 bits per heavy atom. The third kappa shape index (κ3) is 3.05. The molecule has 2 nitrogen and oxygen atoms in total. The van der Waals surface area contributed by atoms with E-state index >= 15 is 0 Å². The quantitative estimate of drug-likeness (QED) is 0.641. The van der Waals surface area contributed by atoms with E-state index in [1.807, 2.05) is 23.5 Å². The summed E-state index contributed by atoms with van der Waals surface area (Å²) in [6.45, 7) is 1.74. The minimum Gasteiger partial charge on any atom is -0.341 e. The first-order valence-electron chi connectivity index (χ1n) is 5.41. The SMILES string of the molecule is C1COC2(CCCSC1)OCCCS2. The van der Waals surface area contributed by atoms with Crippen molar-refractivity contribution in [3.8, 4) is 0 Å². The van der Waals surface area contributed by atoms with E-state index in [9.17, 15) is 0 Å². The Labute approximate surface area is 94.5 Å². The largest absolute Gasteiger partial charge is 0.341 e. The topological polar surface area (TPSA) is 18.5 Å². The molecule has 0 radical (unpaired) electrons. The highest BCUT2D eigenvalue weighted by Crippen LogP contribution is 2.38. The fourth-order valence-corrected chi connectivity index (χ4v) is 3.81. The fourth-order valence-electron chi connectivity index (χ4n) is 1.74. The number of hydrogen-bond donors (Lipinski definition) is 0. The zero-order chi connectivity index (χ0) is 9.69. The van der Waals surface area contributed by atoms with Gasteiger partial charge >= 0.3 is 0 Å². The first kappa shape index (κ1) is 11.1. The molecule has 0 aromatic rings. The Morgan fingerprint density at radius 2 is 1.57 bits per heavy atom. The summed E-state index contributed by atoms with van der Waals surface area (Å²) in [5.41, 5.74) is 0. The normalized spacial score (nSPS) is 36.0. The highest BCUT2D eigenvalue weighted by molar-refractivity contribution is 8.00. The average molecular weight is 234 g/mol. The van der Waals surface area contributed by atoms with Gasteiger partial charge in [0.05, 0.1) is 13.2 Å². The lowest BCUT2D eigenvalue weighted by Crippen LogP contribution is -2.36. The maximum atomic E-state index is 5.92. The molecular weight excluding hydrogens is 216 g/mol. The van der Waals surface area contributed by atoms with Crippen molar-refractivity contribution in [2.75, 3.05) is 30.5 Å². The number of thioether (sulfide) groups is 2. The molecule has 4 heteroatoms. The number of hydrogen-bond acceptors (Lipinski definition) is 4. The summed E-state index contributed by atoms with van der Waals surface area (Å²) in [6, 6.07) is 0. The van der Waals surface area contributed by atoms with Crippen molar-refractivity contribution < 1.29 is 9.47 Å². The lowest BCUT2D eigenvalue weighted by molar-refractivity contribution is -0.178. The van der Waals surface area contributed by atoms with E-state index < -0.39 is 0 Å². The summed E-state index contributed by atoms with van der Waals surface area (Å²) in [6.07, 6.45) is 4.61. The highest BCUT2D eigenvalue weighted by Gasteiger charge is 2.34. The van der Waals surface area contributed by atoms with Gasteiger partial charge in [-0.2, -0.15) is 11.8 Å². The van der Waals surface area contributed by atoms with Crippen LogP contribution < -0.4 is 0 Å². The van der Waals surface area contributed by atoms with Crippen LogP contribution in [0.4, 0.5) is 0 Å². The molecule has 0 aliphatic carbocycles. The predicted molar refractivity (Wildman–Crippen MR) is 62.9 cm³/mol. The van der Waals surface area contributed by atoms with Crippen molar-refractivity contribution >= 4 is 23.5 Å². The van der Waals surface area contributed by atoms with Crippen molar-refractivity contribution in [1.82, 2.24) is 0 Å². The van der Waals surface area contributed by atoms with Crippen LogP contribution in [0, 0.1) is 0 Å². The van der Waals surface area contributed by atoms with Crippen LogP contribution in [0.5, 0.6) is 0 Å². The highest BCUT2D eigenvalue weighted by atomic mass is 32.2. The molecular formula is C10H18O2S2. The fraction of sp³-hybridized carbons (Fsp3) is 1.00. The van der Waals surface area contributed by atoms with Gasteiger partial charge in [-0.05, 0) is 30.8 Å². The molecule has 2 aliphatic heterocycles. The van der Waals surface area contributed by atoms with Gasteiger partial charge in [0.15, 0.2) is 0 Å². The second kappa shape index (κ2) is 5.64. The Morgan fingerprint density at radius 1 is 0.857 bits per heavy atom. The molecule has 2 fully saturated rings. The molecule has 0 aromatic carbocycles. The first-order chi connectivity index (χ1) is 6.91. The molecule has 1 spiro atoms. The summed E-state index contributed by atoms with van der Waals surface area (Å²) >= 11 is 3.91. The second-order valence-electron chi connectivity index (χ2n) is 3.65. The Hall–Kier alpha value is 0.620. The zero-order valence-electron chi connectivity index (χ0n) is 8.50. The third-order valence-electron chi connectivity index (χ3n) is 2.46. The van der Waals surface area contributed by atoms with Crippen molar-refractivity contribution in [2.45, 2.75) is 30.8 Å².